The molecule has 1 fully saturated rings. The molecule has 1 atom stereocenters. The molecule has 1 aliphatic heterocycles. The Morgan fingerprint density at radius 1 is 1.08 bits per heavy atom. The number of amides is 3. The van der Waals surface area contributed by atoms with Gasteiger partial charge in [-0.05, 0) is 54.7 Å². The van der Waals surface area contributed by atoms with Crippen LogP contribution in [0.1, 0.15) is 34.3 Å². The summed E-state index contributed by atoms with van der Waals surface area (Å²) in [6.45, 7) is 1.07. The SMILES string of the molecule is NC(=O)NCc1ccc(C(=O)N2CCCC2Cc2ccc(F)cc2)cc1. The maximum absolute atomic E-state index is 13.1. The van der Waals surface area contributed by atoms with E-state index in [1.54, 1.807) is 24.3 Å². The minimum absolute atomic E-state index is 0.00372. The second-order valence-corrected chi connectivity index (χ2v) is 6.54. The van der Waals surface area contributed by atoms with Crippen LogP contribution in [0.25, 0.3) is 0 Å². The maximum atomic E-state index is 13.1. The molecule has 0 spiro atoms. The molecule has 2 aromatic carbocycles. The number of rotatable bonds is 5. The van der Waals surface area contributed by atoms with Crippen molar-refractivity contribution < 1.29 is 14.0 Å². The summed E-state index contributed by atoms with van der Waals surface area (Å²) >= 11 is 0. The smallest absolute Gasteiger partial charge is 0.312 e. The molecule has 0 radical (unpaired) electrons. The third kappa shape index (κ3) is 4.39. The molecule has 136 valence electrons. The van der Waals surface area contributed by atoms with Gasteiger partial charge in [0.25, 0.3) is 5.91 Å². The van der Waals surface area contributed by atoms with E-state index in [9.17, 15) is 14.0 Å². The molecular formula is C20H22FN3O2. The van der Waals surface area contributed by atoms with E-state index in [0.29, 0.717) is 12.1 Å². The number of benzene rings is 2. The lowest BCUT2D eigenvalue weighted by Gasteiger charge is -2.25. The number of likely N-dealkylation sites (tertiary alicyclic amines) is 1. The van der Waals surface area contributed by atoms with Crippen molar-refractivity contribution in [2.24, 2.45) is 5.73 Å². The predicted octanol–water partition coefficient (Wildman–Crippen LogP) is 2.84. The van der Waals surface area contributed by atoms with Crippen molar-refractivity contribution in [3.8, 4) is 0 Å². The summed E-state index contributed by atoms with van der Waals surface area (Å²) in [6.07, 6.45) is 2.65. The molecule has 6 heteroatoms. The Kier molecular flexibility index (Phi) is 5.51. The van der Waals surface area contributed by atoms with Crippen molar-refractivity contribution in [3.05, 3.63) is 71.0 Å². The topological polar surface area (TPSA) is 75.4 Å². The van der Waals surface area contributed by atoms with Crippen LogP contribution in [0.4, 0.5) is 9.18 Å². The van der Waals surface area contributed by atoms with E-state index in [1.807, 2.05) is 17.0 Å². The fraction of sp³-hybridized carbons (Fsp3) is 0.300. The molecule has 3 amide bonds. The summed E-state index contributed by atoms with van der Waals surface area (Å²) in [6, 6.07) is 13.2. The first-order valence-corrected chi connectivity index (χ1v) is 8.70. The summed E-state index contributed by atoms with van der Waals surface area (Å²) in [4.78, 5) is 25.5. The Morgan fingerprint density at radius 3 is 2.38 bits per heavy atom. The van der Waals surface area contributed by atoms with Gasteiger partial charge in [-0.3, -0.25) is 4.79 Å². The third-order valence-corrected chi connectivity index (χ3v) is 4.69. The van der Waals surface area contributed by atoms with Gasteiger partial charge in [0, 0.05) is 24.7 Å². The van der Waals surface area contributed by atoms with E-state index >= 15 is 0 Å². The Labute approximate surface area is 152 Å². The number of halogens is 1. The lowest BCUT2D eigenvalue weighted by molar-refractivity contribution is 0.0736. The van der Waals surface area contributed by atoms with Gasteiger partial charge in [-0.1, -0.05) is 24.3 Å². The van der Waals surface area contributed by atoms with Gasteiger partial charge < -0.3 is 16.0 Å². The lowest BCUT2D eigenvalue weighted by atomic mass is 10.0. The van der Waals surface area contributed by atoms with E-state index in [0.717, 1.165) is 36.9 Å². The zero-order valence-electron chi connectivity index (χ0n) is 14.5. The van der Waals surface area contributed by atoms with E-state index in [1.165, 1.54) is 12.1 Å². The molecule has 0 bridgehead atoms. The van der Waals surface area contributed by atoms with Gasteiger partial charge in [-0.2, -0.15) is 0 Å². The summed E-state index contributed by atoms with van der Waals surface area (Å²) < 4.78 is 13.1. The minimum atomic E-state index is -0.578. The van der Waals surface area contributed by atoms with Crippen molar-refractivity contribution in [2.45, 2.75) is 31.8 Å². The molecule has 0 saturated carbocycles. The molecule has 1 saturated heterocycles. The first kappa shape index (κ1) is 17.9. The lowest BCUT2D eigenvalue weighted by Crippen LogP contribution is -2.36. The molecule has 26 heavy (non-hydrogen) atoms. The van der Waals surface area contributed by atoms with Crippen LogP contribution in [0.5, 0.6) is 0 Å². The van der Waals surface area contributed by atoms with Crippen molar-refractivity contribution >= 4 is 11.9 Å². The highest BCUT2D eigenvalue weighted by atomic mass is 19.1. The van der Waals surface area contributed by atoms with E-state index in [2.05, 4.69) is 5.32 Å². The van der Waals surface area contributed by atoms with Gasteiger partial charge in [0.1, 0.15) is 5.82 Å². The van der Waals surface area contributed by atoms with Crippen LogP contribution in [0.2, 0.25) is 0 Å². The molecule has 3 rings (SSSR count). The van der Waals surface area contributed by atoms with Gasteiger partial charge in [0.15, 0.2) is 0 Å². The number of carbonyl (C=O) groups is 2. The van der Waals surface area contributed by atoms with Gasteiger partial charge >= 0.3 is 6.03 Å². The Hall–Kier alpha value is -2.89. The minimum Gasteiger partial charge on any atom is -0.352 e. The van der Waals surface area contributed by atoms with Gasteiger partial charge in [-0.15, -0.1) is 0 Å². The maximum Gasteiger partial charge on any atom is 0.312 e. The second kappa shape index (κ2) is 7.99. The molecule has 0 aliphatic carbocycles. The number of nitrogens with two attached hydrogens (primary N) is 1. The molecule has 1 unspecified atom stereocenters. The summed E-state index contributed by atoms with van der Waals surface area (Å²) in [5, 5.41) is 2.52. The normalized spacial score (nSPS) is 16.5. The monoisotopic (exact) mass is 355 g/mol. The number of nitrogens with zero attached hydrogens (tertiary/aromatic N) is 1. The van der Waals surface area contributed by atoms with Crippen LogP contribution < -0.4 is 11.1 Å². The van der Waals surface area contributed by atoms with Crippen LogP contribution in [0.15, 0.2) is 48.5 Å². The van der Waals surface area contributed by atoms with Crippen LogP contribution in [0.3, 0.4) is 0 Å². The molecule has 1 aliphatic rings. The van der Waals surface area contributed by atoms with Gasteiger partial charge in [0.05, 0.1) is 0 Å². The largest absolute Gasteiger partial charge is 0.352 e. The first-order valence-electron chi connectivity index (χ1n) is 8.70. The quantitative estimate of drug-likeness (QED) is 0.865. The molecule has 0 aromatic heterocycles. The zero-order valence-corrected chi connectivity index (χ0v) is 14.5. The summed E-state index contributed by atoms with van der Waals surface area (Å²) in [5.41, 5.74) is 7.59. The van der Waals surface area contributed by atoms with Crippen molar-refractivity contribution in [1.82, 2.24) is 10.2 Å². The Morgan fingerprint density at radius 2 is 1.73 bits per heavy atom. The van der Waals surface area contributed by atoms with E-state index in [4.69, 9.17) is 5.73 Å². The highest BCUT2D eigenvalue weighted by Crippen LogP contribution is 2.23. The summed E-state index contributed by atoms with van der Waals surface area (Å²) in [7, 11) is 0. The van der Waals surface area contributed by atoms with E-state index < -0.39 is 6.03 Å². The Bertz CT molecular complexity index is 775. The summed E-state index contributed by atoms with van der Waals surface area (Å²) in [5.74, 6) is -0.247. The molecule has 1 heterocycles. The first-order chi connectivity index (χ1) is 12.5. The average molecular weight is 355 g/mol. The van der Waals surface area contributed by atoms with Crippen LogP contribution in [-0.2, 0) is 13.0 Å². The second-order valence-electron chi connectivity index (χ2n) is 6.54. The highest BCUT2D eigenvalue weighted by Gasteiger charge is 2.29. The standard InChI is InChI=1S/C20H22FN3O2/c21-17-9-5-14(6-10-17)12-18-2-1-11-24(18)19(25)16-7-3-15(4-8-16)13-23-20(22)26/h3-10,18H,1-2,11-13H2,(H3,22,23,26). The molecule has 3 N–H and O–H groups in total. The van der Waals surface area contributed by atoms with Crippen molar-refractivity contribution in [3.63, 3.8) is 0 Å². The van der Waals surface area contributed by atoms with Crippen molar-refractivity contribution in [2.75, 3.05) is 6.54 Å². The van der Waals surface area contributed by atoms with Crippen LogP contribution >= 0.6 is 0 Å². The predicted molar refractivity (Wildman–Crippen MR) is 97.0 cm³/mol. The fourth-order valence-corrected chi connectivity index (χ4v) is 3.33. The third-order valence-electron chi connectivity index (χ3n) is 4.69. The van der Waals surface area contributed by atoms with Gasteiger partial charge in [0.2, 0.25) is 0 Å². The van der Waals surface area contributed by atoms with Crippen LogP contribution in [0, 0.1) is 5.82 Å². The zero-order chi connectivity index (χ0) is 18.5. The number of nitrogens with one attached hydrogen (secondary N) is 1. The number of hydrogen-bond acceptors (Lipinski definition) is 2. The number of carbonyl (C=O) groups excluding carboxylic acids is 2. The Balaban J connectivity index is 1.65. The molecule has 2 aromatic rings. The van der Waals surface area contributed by atoms with Crippen molar-refractivity contribution in [1.29, 1.82) is 0 Å². The molecule has 5 nitrogen and oxygen atoms in total. The van der Waals surface area contributed by atoms with Crippen LogP contribution in [-0.4, -0.2) is 29.4 Å². The van der Waals surface area contributed by atoms with E-state index in [-0.39, 0.29) is 17.8 Å². The average Bonchev–Trinajstić information content (AvgIpc) is 3.10. The number of urea groups is 1. The van der Waals surface area contributed by atoms with Gasteiger partial charge in [-0.25, -0.2) is 9.18 Å². The molecular weight excluding hydrogens is 333 g/mol. The fourth-order valence-electron chi connectivity index (χ4n) is 3.33. The number of primary amides is 1. The number of hydrogen-bond donors (Lipinski definition) is 2. The highest BCUT2D eigenvalue weighted by molar-refractivity contribution is 5.94.